The maximum atomic E-state index is 11.8. The summed E-state index contributed by atoms with van der Waals surface area (Å²) < 4.78 is 11.6. The van der Waals surface area contributed by atoms with Crippen LogP contribution in [0.15, 0.2) is 12.1 Å². The van der Waals surface area contributed by atoms with E-state index in [4.69, 9.17) is 11.6 Å². The minimum Gasteiger partial charge on any atom is -0.349 e. The number of amides is 1. The summed E-state index contributed by atoms with van der Waals surface area (Å²) in [5.74, 6) is 1.75. The first kappa shape index (κ1) is 11.9. The van der Waals surface area contributed by atoms with Crippen LogP contribution in [-0.4, -0.2) is 39.2 Å². The molecule has 1 amide bonds. The van der Waals surface area contributed by atoms with Crippen molar-refractivity contribution in [1.82, 2.24) is 4.98 Å². The molecule has 1 aromatic heterocycles. The van der Waals surface area contributed by atoms with Crippen LogP contribution in [0.1, 0.15) is 6.42 Å². The van der Waals surface area contributed by atoms with Gasteiger partial charge in [0.15, 0.2) is 5.82 Å². The Morgan fingerprint density at radius 3 is 3.17 bits per heavy atom. The molecule has 3 rings (SSSR count). The lowest BCUT2D eigenvalue weighted by Gasteiger charge is -2.34. The Hall–Kier alpha value is -1.14. The molecule has 2 aliphatic heterocycles. The molecule has 0 saturated carbocycles. The molecule has 0 radical (unpaired) electrons. The molecule has 1 saturated heterocycles. The lowest BCUT2D eigenvalue weighted by molar-refractivity contribution is -0.116. The van der Waals surface area contributed by atoms with Gasteiger partial charge >= 0.3 is 0 Å². The van der Waals surface area contributed by atoms with Crippen molar-refractivity contribution in [3.8, 4) is 0 Å². The molecule has 0 spiro atoms. The molecule has 2 aliphatic rings. The van der Waals surface area contributed by atoms with Crippen molar-refractivity contribution in [3.63, 3.8) is 0 Å². The molecule has 0 aromatic carbocycles. The zero-order chi connectivity index (χ0) is 12.7. The van der Waals surface area contributed by atoms with Crippen molar-refractivity contribution in [2.45, 2.75) is 12.5 Å². The highest BCUT2D eigenvalue weighted by molar-refractivity contribution is 7.85. The first-order valence-electron chi connectivity index (χ1n) is 5.71. The molecule has 3 heterocycles. The maximum Gasteiger partial charge on any atom is 0.226 e. The third kappa shape index (κ3) is 2.10. The average molecular weight is 286 g/mol. The second-order valence-corrected chi connectivity index (χ2v) is 6.42. The number of halogens is 1. The Balaban J connectivity index is 2.06. The summed E-state index contributed by atoms with van der Waals surface area (Å²) in [6.07, 6.45) is 0.347. The van der Waals surface area contributed by atoms with Gasteiger partial charge in [-0.25, -0.2) is 4.98 Å². The summed E-state index contributed by atoms with van der Waals surface area (Å²) in [4.78, 5) is 18.1. The fraction of sp³-hybridized carbons (Fsp3) is 0.455. The van der Waals surface area contributed by atoms with Crippen LogP contribution < -0.4 is 10.2 Å². The zero-order valence-electron chi connectivity index (χ0n) is 9.56. The molecule has 96 valence electrons. The average Bonchev–Trinajstić information content (AvgIpc) is 2.44. The third-order valence-corrected chi connectivity index (χ3v) is 4.79. The van der Waals surface area contributed by atoms with Gasteiger partial charge in [-0.15, -0.1) is 0 Å². The van der Waals surface area contributed by atoms with Gasteiger partial charge in [-0.3, -0.25) is 9.00 Å². The van der Waals surface area contributed by atoms with Crippen LogP contribution in [0.5, 0.6) is 0 Å². The summed E-state index contributed by atoms with van der Waals surface area (Å²) in [7, 11) is -0.846. The Bertz CT molecular complexity index is 537. The molecular weight excluding hydrogens is 274 g/mol. The van der Waals surface area contributed by atoms with Crippen LogP contribution in [0.3, 0.4) is 0 Å². The summed E-state index contributed by atoms with van der Waals surface area (Å²) in [5.41, 5.74) is 0.680. The number of carbonyl (C=O) groups is 1. The van der Waals surface area contributed by atoms with Gasteiger partial charge in [0.2, 0.25) is 5.91 Å². The standard InChI is InChI=1S/C11H12ClN3O2S/c12-9-2-1-8-11(14-9)15-3-4-18(17)6-7(15)5-10(16)13-8/h1-2,7H,3-6H2,(H,13,16). The van der Waals surface area contributed by atoms with E-state index in [-0.39, 0.29) is 11.9 Å². The highest BCUT2D eigenvalue weighted by Crippen LogP contribution is 2.32. The van der Waals surface area contributed by atoms with Gasteiger partial charge in [-0.1, -0.05) is 11.6 Å². The number of pyridine rings is 1. The maximum absolute atomic E-state index is 11.8. The summed E-state index contributed by atoms with van der Waals surface area (Å²) in [6.45, 7) is 0.645. The fourth-order valence-electron chi connectivity index (χ4n) is 2.38. The minimum atomic E-state index is -0.846. The number of carbonyl (C=O) groups excluding carboxylic acids is 1. The molecule has 2 unspecified atom stereocenters. The smallest absolute Gasteiger partial charge is 0.226 e. The lowest BCUT2D eigenvalue weighted by atomic mass is 10.2. The van der Waals surface area contributed by atoms with Crippen molar-refractivity contribution in [1.29, 1.82) is 0 Å². The number of nitrogens with zero attached hydrogens (tertiary/aromatic N) is 2. The van der Waals surface area contributed by atoms with Gasteiger partial charge in [-0.2, -0.15) is 0 Å². The van der Waals surface area contributed by atoms with Crippen molar-refractivity contribution in [2.24, 2.45) is 0 Å². The summed E-state index contributed by atoms with van der Waals surface area (Å²) in [6, 6.07) is 3.37. The van der Waals surface area contributed by atoms with E-state index in [9.17, 15) is 9.00 Å². The topological polar surface area (TPSA) is 62.3 Å². The van der Waals surface area contributed by atoms with E-state index in [1.54, 1.807) is 12.1 Å². The van der Waals surface area contributed by atoms with Gasteiger partial charge in [0.1, 0.15) is 5.15 Å². The fourth-order valence-corrected chi connectivity index (χ4v) is 3.81. The van der Waals surface area contributed by atoms with Crippen LogP contribution in [0.2, 0.25) is 5.15 Å². The van der Waals surface area contributed by atoms with Gasteiger partial charge in [0.25, 0.3) is 0 Å². The van der Waals surface area contributed by atoms with E-state index in [0.717, 1.165) is 0 Å². The van der Waals surface area contributed by atoms with Gasteiger partial charge in [-0.05, 0) is 12.1 Å². The highest BCUT2D eigenvalue weighted by atomic mass is 35.5. The van der Waals surface area contributed by atoms with E-state index in [0.29, 0.717) is 41.1 Å². The van der Waals surface area contributed by atoms with Crippen molar-refractivity contribution in [2.75, 3.05) is 28.3 Å². The number of hydrogen-bond acceptors (Lipinski definition) is 4. The molecule has 18 heavy (non-hydrogen) atoms. The molecule has 1 aromatic rings. The van der Waals surface area contributed by atoms with E-state index < -0.39 is 10.8 Å². The van der Waals surface area contributed by atoms with Crippen molar-refractivity contribution < 1.29 is 9.00 Å². The Morgan fingerprint density at radius 1 is 1.50 bits per heavy atom. The van der Waals surface area contributed by atoms with Crippen molar-refractivity contribution >= 4 is 39.8 Å². The van der Waals surface area contributed by atoms with E-state index in [1.165, 1.54) is 0 Å². The predicted molar refractivity (Wildman–Crippen MR) is 71.5 cm³/mol. The normalized spacial score (nSPS) is 26.9. The summed E-state index contributed by atoms with van der Waals surface area (Å²) in [5, 5.41) is 3.22. The van der Waals surface area contributed by atoms with Crippen LogP contribution in [0, 0.1) is 0 Å². The minimum absolute atomic E-state index is 0.0493. The summed E-state index contributed by atoms with van der Waals surface area (Å²) >= 11 is 5.92. The Labute approximate surface area is 112 Å². The van der Waals surface area contributed by atoms with Gasteiger partial charge < -0.3 is 10.2 Å². The van der Waals surface area contributed by atoms with Gasteiger partial charge in [0, 0.05) is 35.3 Å². The zero-order valence-corrected chi connectivity index (χ0v) is 11.1. The second kappa shape index (κ2) is 4.51. The quantitative estimate of drug-likeness (QED) is 0.723. The number of rotatable bonds is 0. The molecule has 2 atom stereocenters. The number of fused-ring (bicyclic) bond motifs is 3. The monoisotopic (exact) mass is 285 g/mol. The predicted octanol–water partition coefficient (Wildman–Crippen LogP) is 1.01. The molecule has 7 heteroatoms. The number of hydrogen-bond donors (Lipinski definition) is 1. The van der Waals surface area contributed by atoms with E-state index in [2.05, 4.69) is 10.3 Å². The van der Waals surface area contributed by atoms with Crippen LogP contribution in [0.4, 0.5) is 11.5 Å². The third-order valence-electron chi connectivity index (χ3n) is 3.19. The lowest BCUT2D eigenvalue weighted by Crippen LogP contribution is -2.47. The molecular formula is C11H12ClN3O2S. The molecule has 1 fully saturated rings. The van der Waals surface area contributed by atoms with Crippen molar-refractivity contribution in [3.05, 3.63) is 17.3 Å². The molecule has 1 N–H and O–H groups in total. The first-order chi connectivity index (χ1) is 8.63. The van der Waals surface area contributed by atoms with E-state index in [1.807, 2.05) is 4.90 Å². The Kier molecular flexibility index (Phi) is 2.99. The number of aromatic nitrogens is 1. The van der Waals surface area contributed by atoms with Crippen LogP contribution in [-0.2, 0) is 15.6 Å². The largest absolute Gasteiger partial charge is 0.349 e. The van der Waals surface area contributed by atoms with Crippen LogP contribution in [0.25, 0.3) is 0 Å². The number of nitrogens with one attached hydrogen (secondary N) is 1. The second-order valence-electron chi connectivity index (χ2n) is 4.42. The molecule has 0 aliphatic carbocycles. The molecule has 5 nitrogen and oxygen atoms in total. The molecule has 0 bridgehead atoms. The number of anilines is 2. The van der Waals surface area contributed by atoms with Gasteiger partial charge in [0.05, 0.1) is 11.7 Å². The SMILES string of the molecule is O=C1CC2CS(=O)CCN2c2nc(Cl)ccc2N1. The highest BCUT2D eigenvalue weighted by Gasteiger charge is 2.33. The van der Waals surface area contributed by atoms with E-state index >= 15 is 0 Å². The Morgan fingerprint density at radius 2 is 2.33 bits per heavy atom. The first-order valence-corrected chi connectivity index (χ1v) is 7.58. The van der Waals surface area contributed by atoms with Crippen LogP contribution >= 0.6 is 11.6 Å².